The fourth-order valence-electron chi connectivity index (χ4n) is 3.27. The second-order valence-corrected chi connectivity index (χ2v) is 6.90. The number of anilines is 2. The molecule has 0 fully saturated rings. The Labute approximate surface area is 161 Å². The summed E-state index contributed by atoms with van der Waals surface area (Å²) in [6, 6.07) is 22.1. The number of amides is 1. The quantitative estimate of drug-likeness (QED) is 0.591. The Balaban J connectivity index is 1.70. The second kappa shape index (κ2) is 8.54. The molecule has 0 saturated heterocycles. The molecule has 3 rings (SSSR count). The number of carbonyl (C=O) groups is 1. The standard InChI is InChI=1S/C24H26N2O/c1-4-20-9-5-6-11-23(20)25-16-19-8-7-10-21(15-19)24(27)26-22-13-17(2)12-18(3)14-22/h5-15,25H,4,16H2,1-3H3,(H,26,27). The van der Waals surface area contributed by atoms with Gasteiger partial charge >= 0.3 is 0 Å². The van der Waals surface area contributed by atoms with Gasteiger partial charge in [-0.15, -0.1) is 0 Å². The van der Waals surface area contributed by atoms with Crippen LogP contribution in [0.5, 0.6) is 0 Å². The van der Waals surface area contributed by atoms with E-state index in [-0.39, 0.29) is 5.91 Å². The van der Waals surface area contributed by atoms with E-state index in [2.05, 4.69) is 41.8 Å². The molecule has 0 aliphatic heterocycles. The highest BCUT2D eigenvalue weighted by Gasteiger charge is 2.08. The van der Waals surface area contributed by atoms with Crippen LogP contribution in [0.1, 0.15) is 39.5 Å². The van der Waals surface area contributed by atoms with E-state index in [1.807, 2.05) is 56.3 Å². The van der Waals surface area contributed by atoms with Crippen LogP contribution in [0.3, 0.4) is 0 Å². The summed E-state index contributed by atoms with van der Waals surface area (Å²) >= 11 is 0. The van der Waals surface area contributed by atoms with Crippen LogP contribution >= 0.6 is 0 Å². The lowest BCUT2D eigenvalue weighted by Crippen LogP contribution is -2.13. The molecule has 0 aliphatic carbocycles. The van der Waals surface area contributed by atoms with Crippen molar-refractivity contribution in [1.82, 2.24) is 0 Å². The number of hydrogen-bond acceptors (Lipinski definition) is 2. The van der Waals surface area contributed by atoms with Crippen LogP contribution in [0.4, 0.5) is 11.4 Å². The summed E-state index contributed by atoms with van der Waals surface area (Å²) in [5.74, 6) is -0.0872. The number of para-hydroxylation sites is 1. The summed E-state index contributed by atoms with van der Waals surface area (Å²) in [5, 5.41) is 6.48. The highest BCUT2D eigenvalue weighted by molar-refractivity contribution is 6.04. The molecular formula is C24H26N2O. The molecule has 0 aliphatic rings. The average molecular weight is 358 g/mol. The predicted octanol–water partition coefficient (Wildman–Crippen LogP) is 5.73. The highest BCUT2D eigenvalue weighted by atomic mass is 16.1. The van der Waals surface area contributed by atoms with Gasteiger partial charge in [-0.2, -0.15) is 0 Å². The van der Waals surface area contributed by atoms with Gasteiger partial charge in [0.2, 0.25) is 0 Å². The lowest BCUT2D eigenvalue weighted by atomic mass is 10.1. The van der Waals surface area contributed by atoms with Gasteiger partial charge in [0.25, 0.3) is 5.91 Å². The minimum atomic E-state index is -0.0872. The van der Waals surface area contributed by atoms with Gasteiger partial charge in [0.05, 0.1) is 0 Å². The Hall–Kier alpha value is -3.07. The van der Waals surface area contributed by atoms with Crippen molar-refractivity contribution in [1.29, 1.82) is 0 Å². The van der Waals surface area contributed by atoms with Crippen molar-refractivity contribution in [3.63, 3.8) is 0 Å². The molecule has 3 heteroatoms. The minimum Gasteiger partial charge on any atom is -0.381 e. The molecule has 3 nitrogen and oxygen atoms in total. The zero-order valence-electron chi connectivity index (χ0n) is 16.2. The van der Waals surface area contributed by atoms with Crippen LogP contribution in [-0.4, -0.2) is 5.91 Å². The van der Waals surface area contributed by atoms with E-state index in [9.17, 15) is 4.79 Å². The molecule has 3 aromatic rings. The normalized spacial score (nSPS) is 10.5. The van der Waals surface area contributed by atoms with Crippen LogP contribution in [-0.2, 0) is 13.0 Å². The van der Waals surface area contributed by atoms with Crippen molar-refractivity contribution in [2.45, 2.75) is 33.7 Å². The van der Waals surface area contributed by atoms with E-state index in [0.717, 1.165) is 34.5 Å². The molecule has 27 heavy (non-hydrogen) atoms. The molecule has 3 aromatic carbocycles. The Kier molecular flexibility index (Phi) is 5.92. The molecule has 0 heterocycles. The Morgan fingerprint density at radius 2 is 1.63 bits per heavy atom. The highest BCUT2D eigenvalue weighted by Crippen LogP contribution is 2.18. The Bertz CT molecular complexity index is 926. The summed E-state index contributed by atoms with van der Waals surface area (Å²) in [4.78, 5) is 12.6. The topological polar surface area (TPSA) is 41.1 Å². The third-order valence-electron chi connectivity index (χ3n) is 4.55. The van der Waals surface area contributed by atoms with Gasteiger partial charge in [0.1, 0.15) is 0 Å². The molecule has 2 N–H and O–H groups in total. The maximum Gasteiger partial charge on any atom is 0.255 e. The summed E-state index contributed by atoms with van der Waals surface area (Å²) < 4.78 is 0. The van der Waals surface area contributed by atoms with Gasteiger partial charge in [-0.05, 0) is 72.9 Å². The van der Waals surface area contributed by atoms with Gasteiger partial charge in [-0.25, -0.2) is 0 Å². The van der Waals surface area contributed by atoms with Crippen LogP contribution < -0.4 is 10.6 Å². The predicted molar refractivity (Wildman–Crippen MR) is 113 cm³/mol. The minimum absolute atomic E-state index is 0.0872. The lowest BCUT2D eigenvalue weighted by molar-refractivity contribution is 0.102. The van der Waals surface area contributed by atoms with E-state index in [1.54, 1.807) is 0 Å². The smallest absolute Gasteiger partial charge is 0.255 e. The van der Waals surface area contributed by atoms with Gasteiger partial charge in [0, 0.05) is 23.5 Å². The van der Waals surface area contributed by atoms with Crippen molar-refractivity contribution in [2.24, 2.45) is 0 Å². The maximum atomic E-state index is 12.6. The second-order valence-electron chi connectivity index (χ2n) is 6.90. The monoisotopic (exact) mass is 358 g/mol. The van der Waals surface area contributed by atoms with E-state index in [4.69, 9.17) is 0 Å². The molecule has 0 radical (unpaired) electrons. The summed E-state index contributed by atoms with van der Waals surface area (Å²) in [7, 11) is 0. The third-order valence-corrected chi connectivity index (χ3v) is 4.55. The van der Waals surface area contributed by atoms with E-state index in [0.29, 0.717) is 12.1 Å². The fourth-order valence-corrected chi connectivity index (χ4v) is 3.27. The van der Waals surface area contributed by atoms with Crippen molar-refractivity contribution < 1.29 is 4.79 Å². The zero-order chi connectivity index (χ0) is 19.2. The van der Waals surface area contributed by atoms with Crippen LogP contribution in [0.25, 0.3) is 0 Å². The molecule has 0 aromatic heterocycles. The maximum absolute atomic E-state index is 12.6. The average Bonchev–Trinajstić information content (AvgIpc) is 2.66. The number of rotatable bonds is 6. The summed E-state index contributed by atoms with van der Waals surface area (Å²) in [6.07, 6.45) is 0.988. The molecule has 0 spiro atoms. The number of carbonyl (C=O) groups excluding carboxylic acids is 1. The van der Waals surface area contributed by atoms with Crippen LogP contribution in [0, 0.1) is 13.8 Å². The molecule has 0 bridgehead atoms. The largest absolute Gasteiger partial charge is 0.381 e. The molecular weight excluding hydrogens is 332 g/mol. The Morgan fingerprint density at radius 3 is 2.37 bits per heavy atom. The van der Waals surface area contributed by atoms with Crippen molar-refractivity contribution >= 4 is 17.3 Å². The first-order valence-electron chi connectivity index (χ1n) is 9.35. The SMILES string of the molecule is CCc1ccccc1NCc1cccc(C(=O)Nc2cc(C)cc(C)c2)c1. The summed E-state index contributed by atoms with van der Waals surface area (Å²) in [6.45, 7) is 6.90. The first-order valence-corrected chi connectivity index (χ1v) is 9.35. The molecule has 1 amide bonds. The molecule has 0 atom stereocenters. The van der Waals surface area contributed by atoms with Crippen molar-refractivity contribution in [2.75, 3.05) is 10.6 Å². The number of benzene rings is 3. The first-order chi connectivity index (χ1) is 13.0. The number of nitrogens with one attached hydrogen (secondary N) is 2. The third kappa shape index (κ3) is 4.98. The van der Waals surface area contributed by atoms with Gasteiger partial charge in [-0.1, -0.05) is 43.3 Å². The molecule has 0 saturated carbocycles. The van der Waals surface area contributed by atoms with E-state index in [1.165, 1.54) is 5.56 Å². The van der Waals surface area contributed by atoms with E-state index < -0.39 is 0 Å². The number of aryl methyl sites for hydroxylation is 3. The molecule has 138 valence electrons. The zero-order valence-corrected chi connectivity index (χ0v) is 16.2. The van der Waals surface area contributed by atoms with Crippen LogP contribution in [0.2, 0.25) is 0 Å². The fraction of sp³-hybridized carbons (Fsp3) is 0.208. The lowest BCUT2D eigenvalue weighted by Gasteiger charge is -2.12. The first kappa shape index (κ1) is 18.7. The van der Waals surface area contributed by atoms with Crippen molar-refractivity contribution in [3.05, 3.63) is 94.5 Å². The van der Waals surface area contributed by atoms with Gasteiger partial charge < -0.3 is 10.6 Å². The van der Waals surface area contributed by atoms with Gasteiger partial charge in [-0.3, -0.25) is 4.79 Å². The van der Waals surface area contributed by atoms with Crippen molar-refractivity contribution in [3.8, 4) is 0 Å². The Morgan fingerprint density at radius 1 is 0.889 bits per heavy atom. The van der Waals surface area contributed by atoms with E-state index >= 15 is 0 Å². The summed E-state index contributed by atoms with van der Waals surface area (Å²) in [5.41, 5.74) is 7.28. The van der Waals surface area contributed by atoms with Gasteiger partial charge in [0.15, 0.2) is 0 Å². The number of hydrogen-bond donors (Lipinski definition) is 2. The molecule has 0 unspecified atom stereocenters. The van der Waals surface area contributed by atoms with Crippen LogP contribution in [0.15, 0.2) is 66.7 Å².